The Hall–Kier alpha value is -2.75. The highest BCUT2D eigenvalue weighted by Gasteiger charge is 2.31. The van der Waals surface area contributed by atoms with Crippen LogP contribution >= 0.6 is 11.6 Å². The second-order valence-electron chi connectivity index (χ2n) is 5.03. The van der Waals surface area contributed by atoms with Crippen LogP contribution in [0.1, 0.15) is 16.9 Å². The summed E-state index contributed by atoms with van der Waals surface area (Å²) >= 11 is 5.69. The maximum absolute atomic E-state index is 12.6. The molecule has 0 saturated carbocycles. The van der Waals surface area contributed by atoms with Gasteiger partial charge < -0.3 is 4.52 Å². The normalized spacial score (nSPS) is 11.7. The molecular formula is C14H9ClF3N5O2. The van der Waals surface area contributed by atoms with Gasteiger partial charge in [0.2, 0.25) is 0 Å². The molecule has 0 fully saturated rings. The fraction of sp³-hybridized carbons (Fsp3) is 0.214. The summed E-state index contributed by atoms with van der Waals surface area (Å²) in [5.41, 5.74) is -0.868. The molecule has 0 aliphatic heterocycles. The van der Waals surface area contributed by atoms with E-state index in [9.17, 15) is 18.0 Å². The van der Waals surface area contributed by atoms with Gasteiger partial charge in [0.15, 0.2) is 11.5 Å². The zero-order valence-electron chi connectivity index (χ0n) is 12.6. The van der Waals surface area contributed by atoms with Gasteiger partial charge in [-0.15, -0.1) is 0 Å². The number of aryl methyl sites for hydroxylation is 1. The average molecular weight is 372 g/mol. The average Bonchev–Trinajstić information content (AvgIpc) is 2.90. The van der Waals surface area contributed by atoms with Crippen LogP contribution in [-0.4, -0.2) is 24.9 Å². The molecule has 0 aliphatic rings. The summed E-state index contributed by atoms with van der Waals surface area (Å²) in [6.45, 7) is 1.57. The van der Waals surface area contributed by atoms with Gasteiger partial charge in [-0.3, -0.25) is 4.79 Å². The van der Waals surface area contributed by atoms with Crippen molar-refractivity contribution in [1.29, 1.82) is 0 Å². The molecule has 0 aliphatic carbocycles. The number of halogens is 4. The summed E-state index contributed by atoms with van der Waals surface area (Å²) in [4.78, 5) is 19.3. The maximum Gasteiger partial charge on any atom is 0.419 e. The van der Waals surface area contributed by atoms with Gasteiger partial charge in [0.25, 0.3) is 5.56 Å². The lowest BCUT2D eigenvalue weighted by Crippen LogP contribution is -2.22. The fourth-order valence-electron chi connectivity index (χ4n) is 2.03. The van der Waals surface area contributed by atoms with Crippen LogP contribution in [0.5, 0.6) is 0 Å². The molecule has 0 saturated heterocycles. The number of nitrogens with zero attached hydrogens (tertiary/aromatic N) is 5. The van der Waals surface area contributed by atoms with E-state index in [1.54, 1.807) is 6.92 Å². The fourth-order valence-corrected chi connectivity index (χ4v) is 2.17. The van der Waals surface area contributed by atoms with Crippen molar-refractivity contribution < 1.29 is 17.7 Å². The molecule has 3 aromatic rings. The summed E-state index contributed by atoms with van der Waals surface area (Å²) in [6, 6.07) is 1.19. The van der Waals surface area contributed by atoms with Crippen molar-refractivity contribution in [2.75, 3.05) is 0 Å². The Balaban J connectivity index is 1.98. The smallest absolute Gasteiger partial charge is 0.361 e. The Labute approximate surface area is 143 Å². The molecule has 7 nitrogen and oxygen atoms in total. The van der Waals surface area contributed by atoms with Crippen LogP contribution in [-0.2, 0) is 12.7 Å². The van der Waals surface area contributed by atoms with Gasteiger partial charge in [-0.25, -0.2) is 14.6 Å². The number of hydrogen-bond acceptors (Lipinski definition) is 6. The molecule has 3 aromatic heterocycles. The van der Waals surface area contributed by atoms with Crippen LogP contribution in [0.4, 0.5) is 13.2 Å². The zero-order valence-corrected chi connectivity index (χ0v) is 13.3. The van der Waals surface area contributed by atoms with Gasteiger partial charge in [0.1, 0.15) is 5.76 Å². The van der Waals surface area contributed by atoms with Gasteiger partial charge in [-0.1, -0.05) is 16.8 Å². The second kappa shape index (κ2) is 6.28. The molecule has 0 amide bonds. The van der Waals surface area contributed by atoms with E-state index in [2.05, 4.69) is 20.2 Å². The molecule has 0 N–H and O–H groups in total. The largest absolute Gasteiger partial charge is 0.419 e. The van der Waals surface area contributed by atoms with Gasteiger partial charge in [-0.05, 0) is 6.92 Å². The SMILES string of the molecule is Cc1onc(-c2ncc(C(F)(F)F)cn2)c1Cn1ncc(Cl)cc1=O. The molecule has 0 aromatic carbocycles. The predicted octanol–water partition coefficient (Wildman–Crippen LogP) is 2.72. The predicted molar refractivity (Wildman–Crippen MR) is 79.9 cm³/mol. The van der Waals surface area contributed by atoms with E-state index in [0.29, 0.717) is 23.7 Å². The summed E-state index contributed by atoms with van der Waals surface area (Å²) in [5, 5.41) is 7.85. The topological polar surface area (TPSA) is 86.7 Å². The summed E-state index contributed by atoms with van der Waals surface area (Å²) in [5.74, 6) is 0.309. The van der Waals surface area contributed by atoms with Gasteiger partial charge in [0, 0.05) is 24.0 Å². The number of hydrogen-bond donors (Lipinski definition) is 0. The summed E-state index contributed by atoms with van der Waals surface area (Å²) in [6.07, 6.45) is -1.94. The zero-order chi connectivity index (χ0) is 18.2. The van der Waals surface area contributed by atoms with Gasteiger partial charge >= 0.3 is 6.18 Å². The number of rotatable bonds is 3. The van der Waals surface area contributed by atoms with Crippen molar-refractivity contribution in [3.8, 4) is 11.5 Å². The number of alkyl halides is 3. The molecule has 3 rings (SSSR count). The molecular weight excluding hydrogens is 363 g/mol. The van der Waals surface area contributed by atoms with Crippen LogP contribution in [0, 0.1) is 6.92 Å². The van der Waals surface area contributed by atoms with Crippen molar-refractivity contribution in [2.24, 2.45) is 0 Å². The van der Waals surface area contributed by atoms with E-state index in [4.69, 9.17) is 16.1 Å². The first kappa shape index (κ1) is 17.1. The van der Waals surface area contributed by atoms with Crippen molar-refractivity contribution in [1.82, 2.24) is 24.9 Å². The second-order valence-corrected chi connectivity index (χ2v) is 5.47. The third-order valence-corrected chi connectivity index (χ3v) is 3.53. The third kappa shape index (κ3) is 3.53. The minimum atomic E-state index is -4.54. The first-order valence-electron chi connectivity index (χ1n) is 6.83. The highest BCUT2D eigenvalue weighted by Crippen LogP contribution is 2.29. The van der Waals surface area contributed by atoms with E-state index in [-0.39, 0.29) is 23.1 Å². The molecule has 11 heteroatoms. The van der Waals surface area contributed by atoms with Crippen LogP contribution in [0.15, 0.2) is 34.0 Å². The Morgan fingerprint density at radius 1 is 1.24 bits per heavy atom. The lowest BCUT2D eigenvalue weighted by Gasteiger charge is -2.06. The van der Waals surface area contributed by atoms with E-state index in [0.717, 1.165) is 4.68 Å². The molecule has 25 heavy (non-hydrogen) atoms. The van der Waals surface area contributed by atoms with Crippen LogP contribution in [0.2, 0.25) is 5.02 Å². The van der Waals surface area contributed by atoms with Gasteiger partial charge in [0.05, 0.1) is 23.3 Å². The summed E-state index contributed by atoms with van der Waals surface area (Å²) in [7, 11) is 0. The number of aromatic nitrogens is 5. The monoisotopic (exact) mass is 371 g/mol. The van der Waals surface area contributed by atoms with Crippen molar-refractivity contribution >= 4 is 11.6 Å². The first-order valence-corrected chi connectivity index (χ1v) is 7.21. The maximum atomic E-state index is 12.6. The van der Waals surface area contributed by atoms with E-state index < -0.39 is 17.3 Å². The first-order chi connectivity index (χ1) is 11.8. The lowest BCUT2D eigenvalue weighted by molar-refractivity contribution is -0.138. The molecule has 0 spiro atoms. The van der Waals surface area contributed by atoms with Crippen LogP contribution < -0.4 is 5.56 Å². The molecule has 0 atom stereocenters. The third-order valence-electron chi connectivity index (χ3n) is 3.32. The van der Waals surface area contributed by atoms with Crippen molar-refractivity contribution in [3.05, 3.63) is 56.9 Å². The minimum absolute atomic E-state index is 0.0228. The highest BCUT2D eigenvalue weighted by atomic mass is 35.5. The molecule has 0 radical (unpaired) electrons. The Bertz CT molecular complexity index is 966. The summed E-state index contributed by atoms with van der Waals surface area (Å²) < 4.78 is 44.0. The van der Waals surface area contributed by atoms with Gasteiger partial charge in [-0.2, -0.15) is 18.3 Å². The highest BCUT2D eigenvalue weighted by molar-refractivity contribution is 6.30. The Morgan fingerprint density at radius 3 is 2.52 bits per heavy atom. The van der Waals surface area contributed by atoms with E-state index in [1.165, 1.54) is 12.3 Å². The van der Waals surface area contributed by atoms with Crippen molar-refractivity contribution in [3.63, 3.8) is 0 Å². The molecule has 3 heterocycles. The molecule has 0 unspecified atom stereocenters. The quantitative estimate of drug-likeness (QED) is 0.703. The van der Waals surface area contributed by atoms with Crippen LogP contribution in [0.25, 0.3) is 11.5 Å². The van der Waals surface area contributed by atoms with E-state index in [1.807, 2.05) is 0 Å². The minimum Gasteiger partial charge on any atom is -0.361 e. The Kier molecular flexibility index (Phi) is 4.29. The van der Waals surface area contributed by atoms with Crippen LogP contribution in [0.3, 0.4) is 0 Å². The Morgan fingerprint density at radius 2 is 1.92 bits per heavy atom. The molecule has 0 bridgehead atoms. The standard InChI is InChI=1S/C14H9ClF3N5O2/c1-7-10(6-23-11(24)2-9(15)5-21-23)12(22-25-7)13-19-3-8(4-20-13)14(16,17)18/h2-5H,6H2,1H3. The molecule has 130 valence electrons. The van der Waals surface area contributed by atoms with Crippen molar-refractivity contribution in [2.45, 2.75) is 19.6 Å². The lowest BCUT2D eigenvalue weighted by atomic mass is 10.2. The van der Waals surface area contributed by atoms with E-state index >= 15 is 0 Å².